The third-order valence-corrected chi connectivity index (χ3v) is 4.43. The van der Waals surface area contributed by atoms with Crippen molar-refractivity contribution in [1.29, 1.82) is 0 Å². The second kappa shape index (κ2) is 8.10. The first-order chi connectivity index (χ1) is 13.5. The standard InChI is InChI=1S/C21H16ClNO5/c1-27-20(25)15-16(21(26)28-2)18(19(24)13-8-10-14(22)11-9-13)23-17(15)12-6-4-3-5-7-12/h3-11,23H,1-2H3. The van der Waals surface area contributed by atoms with E-state index in [1.165, 1.54) is 26.4 Å². The van der Waals surface area contributed by atoms with E-state index >= 15 is 0 Å². The molecule has 1 aromatic heterocycles. The first-order valence-corrected chi connectivity index (χ1v) is 8.64. The van der Waals surface area contributed by atoms with E-state index < -0.39 is 17.7 Å². The molecule has 0 atom stereocenters. The van der Waals surface area contributed by atoms with Gasteiger partial charge >= 0.3 is 11.9 Å². The Morgan fingerprint density at radius 2 is 1.39 bits per heavy atom. The molecule has 0 aliphatic rings. The lowest BCUT2D eigenvalue weighted by Gasteiger charge is -2.05. The van der Waals surface area contributed by atoms with Crippen molar-refractivity contribution < 1.29 is 23.9 Å². The quantitative estimate of drug-likeness (QED) is 0.516. The fourth-order valence-corrected chi connectivity index (χ4v) is 2.98. The number of carbonyl (C=O) groups is 3. The lowest BCUT2D eigenvalue weighted by Crippen LogP contribution is -2.14. The second-order valence-corrected chi connectivity index (χ2v) is 6.25. The molecular weight excluding hydrogens is 382 g/mol. The van der Waals surface area contributed by atoms with E-state index in [1.807, 2.05) is 6.07 Å². The molecule has 7 heteroatoms. The van der Waals surface area contributed by atoms with Crippen LogP contribution in [0.25, 0.3) is 11.3 Å². The van der Waals surface area contributed by atoms with Gasteiger partial charge in [-0.15, -0.1) is 0 Å². The van der Waals surface area contributed by atoms with E-state index in [4.69, 9.17) is 21.1 Å². The third kappa shape index (κ3) is 3.54. The van der Waals surface area contributed by atoms with Crippen LogP contribution in [-0.2, 0) is 9.47 Å². The summed E-state index contributed by atoms with van der Waals surface area (Å²) in [5.41, 5.74) is 0.916. The van der Waals surface area contributed by atoms with Crippen molar-refractivity contribution in [2.75, 3.05) is 14.2 Å². The molecule has 0 aliphatic heterocycles. The topological polar surface area (TPSA) is 85.5 Å². The van der Waals surface area contributed by atoms with E-state index in [0.29, 0.717) is 21.8 Å². The van der Waals surface area contributed by atoms with Gasteiger partial charge in [-0.05, 0) is 29.8 Å². The maximum absolute atomic E-state index is 13.1. The average molecular weight is 398 g/mol. The summed E-state index contributed by atoms with van der Waals surface area (Å²) in [6.07, 6.45) is 0. The summed E-state index contributed by atoms with van der Waals surface area (Å²) >= 11 is 5.88. The lowest BCUT2D eigenvalue weighted by atomic mass is 10.0. The van der Waals surface area contributed by atoms with Gasteiger partial charge in [0.2, 0.25) is 5.78 Å². The summed E-state index contributed by atoms with van der Waals surface area (Å²) < 4.78 is 9.68. The van der Waals surface area contributed by atoms with E-state index in [0.717, 1.165) is 0 Å². The number of methoxy groups -OCH3 is 2. The highest BCUT2D eigenvalue weighted by Gasteiger charge is 2.32. The molecule has 0 saturated heterocycles. The number of aromatic nitrogens is 1. The Morgan fingerprint density at radius 1 is 0.821 bits per heavy atom. The number of nitrogens with one attached hydrogen (secondary N) is 1. The summed E-state index contributed by atoms with van der Waals surface area (Å²) in [5.74, 6) is -2.06. The van der Waals surface area contributed by atoms with Crippen LogP contribution in [0.3, 0.4) is 0 Å². The number of H-pyrrole nitrogens is 1. The van der Waals surface area contributed by atoms with Crippen molar-refractivity contribution in [3.8, 4) is 11.3 Å². The van der Waals surface area contributed by atoms with Crippen LogP contribution in [0, 0.1) is 0 Å². The SMILES string of the molecule is COC(=O)c1c(C(=O)c2ccc(Cl)cc2)[nH]c(-c2ccccc2)c1C(=O)OC. The largest absolute Gasteiger partial charge is 0.465 e. The number of aromatic amines is 1. The molecule has 1 N–H and O–H groups in total. The molecule has 142 valence electrons. The molecule has 0 unspecified atom stereocenters. The van der Waals surface area contributed by atoms with Gasteiger partial charge in [0.05, 0.1) is 19.9 Å². The van der Waals surface area contributed by atoms with Crippen LogP contribution in [0.2, 0.25) is 5.02 Å². The van der Waals surface area contributed by atoms with Crippen LogP contribution in [0.4, 0.5) is 0 Å². The minimum Gasteiger partial charge on any atom is -0.465 e. The van der Waals surface area contributed by atoms with Gasteiger partial charge in [-0.2, -0.15) is 0 Å². The molecule has 0 aliphatic carbocycles. The van der Waals surface area contributed by atoms with Gasteiger partial charge in [-0.3, -0.25) is 4.79 Å². The zero-order valence-electron chi connectivity index (χ0n) is 15.1. The Morgan fingerprint density at radius 3 is 1.96 bits per heavy atom. The molecule has 0 bridgehead atoms. The molecule has 0 amide bonds. The fraction of sp³-hybridized carbons (Fsp3) is 0.0952. The molecule has 0 radical (unpaired) electrons. The van der Waals surface area contributed by atoms with Crippen molar-refractivity contribution in [3.05, 3.63) is 82.0 Å². The normalized spacial score (nSPS) is 10.4. The van der Waals surface area contributed by atoms with Gasteiger partial charge in [0.25, 0.3) is 0 Å². The predicted octanol–water partition coefficient (Wildman–Crippen LogP) is 4.14. The minimum atomic E-state index is -0.823. The first kappa shape index (κ1) is 19.4. The zero-order valence-corrected chi connectivity index (χ0v) is 15.9. The van der Waals surface area contributed by atoms with Crippen molar-refractivity contribution in [2.24, 2.45) is 0 Å². The third-order valence-electron chi connectivity index (χ3n) is 4.17. The average Bonchev–Trinajstić information content (AvgIpc) is 3.14. The molecule has 1 heterocycles. The van der Waals surface area contributed by atoms with Crippen molar-refractivity contribution >= 4 is 29.3 Å². The lowest BCUT2D eigenvalue weighted by molar-refractivity contribution is 0.0556. The molecule has 0 fully saturated rings. The Balaban J connectivity index is 2.28. The Kier molecular flexibility index (Phi) is 5.61. The van der Waals surface area contributed by atoms with Gasteiger partial charge in [-0.25, -0.2) is 9.59 Å². The first-order valence-electron chi connectivity index (χ1n) is 8.26. The summed E-state index contributed by atoms with van der Waals surface area (Å²) in [7, 11) is 2.38. The number of hydrogen-bond donors (Lipinski definition) is 1. The van der Waals surface area contributed by atoms with Crippen LogP contribution in [0.1, 0.15) is 36.8 Å². The summed E-state index contributed by atoms with van der Waals surface area (Å²) in [5, 5.41) is 0.469. The van der Waals surface area contributed by atoms with Crippen molar-refractivity contribution in [1.82, 2.24) is 4.98 Å². The molecule has 6 nitrogen and oxygen atoms in total. The number of rotatable bonds is 5. The number of ether oxygens (including phenoxy) is 2. The number of benzene rings is 2. The maximum atomic E-state index is 13.1. The Hall–Kier alpha value is -3.38. The summed E-state index contributed by atoms with van der Waals surface area (Å²) in [6, 6.07) is 15.0. The fourth-order valence-electron chi connectivity index (χ4n) is 2.85. The molecule has 3 aromatic rings. The van der Waals surface area contributed by atoms with Crippen LogP contribution >= 0.6 is 11.6 Å². The molecule has 0 spiro atoms. The van der Waals surface area contributed by atoms with Crippen LogP contribution < -0.4 is 0 Å². The maximum Gasteiger partial charge on any atom is 0.341 e. The van der Waals surface area contributed by atoms with Gasteiger partial charge in [0.1, 0.15) is 16.8 Å². The molecule has 0 saturated carbocycles. The second-order valence-electron chi connectivity index (χ2n) is 5.81. The number of ketones is 1. The monoisotopic (exact) mass is 397 g/mol. The Labute approximate surface area is 166 Å². The number of hydrogen-bond acceptors (Lipinski definition) is 5. The molecule has 28 heavy (non-hydrogen) atoms. The summed E-state index contributed by atoms with van der Waals surface area (Å²) in [6.45, 7) is 0. The zero-order chi connectivity index (χ0) is 20.3. The van der Waals surface area contributed by atoms with Crippen LogP contribution in [-0.4, -0.2) is 36.9 Å². The Bertz CT molecular complexity index is 1040. The van der Waals surface area contributed by atoms with Crippen LogP contribution in [0.15, 0.2) is 54.6 Å². The number of halogens is 1. The molecule has 3 rings (SSSR count). The van der Waals surface area contributed by atoms with Crippen molar-refractivity contribution in [2.45, 2.75) is 0 Å². The number of carbonyl (C=O) groups excluding carboxylic acids is 3. The van der Waals surface area contributed by atoms with E-state index in [1.54, 1.807) is 36.4 Å². The van der Waals surface area contributed by atoms with Gasteiger partial charge in [0.15, 0.2) is 0 Å². The predicted molar refractivity (Wildman–Crippen MR) is 104 cm³/mol. The van der Waals surface area contributed by atoms with E-state index in [-0.39, 0.29) is 16.8 Å². The minimum absolute atomic E-state index is 0.0575. The van der Waals surface area contributed by atoms with Crippen molar-refractivity contribution in [3.63, 3.8) is 0 Å². The summed E-state index contributed by atoms with van der Waals surface area (Å²) in [4.78, 5) is 41.0. The van der Waals surface area contributed by atoms with E-state index in [9.17, 15) is 14.4 Å². The number of esters is 2. The highest BCUT2D eigenvalue weighted by molar-refractivity contribution is 6.30. The van der Waals surface area contributed by atoms with Gasteiger partial charge in [-0.1, -0.05) is 41.9 Å². The van der Waals surface area contributed by atoms with E-state index in [2.05, 4.69) is 4.98 Å². The van der Waals surface area contributed by atoms with Gasteiger partial charge < -0.3 is 14.5 Å². The smallest absolute Gasteiger partial charge is 0.341 e. The highest BCUT2D eigenvalue weighted by Crippen LogP contribution is 2.31. The highest BCUT2D eigenvalue weighted by atomic mass is 35.5. The van der Waals surface area contributed by atoms with Gasteiger partial charge in [0, 0.05) is 10.6 Å². The van der Waals surface area contributed by atoms with Crippen LogP contribution in [0.5, 0.6) is 0 Å². The molecule has 2 aromatic carbocycles. The molecular formula is C21H16ClNO5.